The number of nitro benzene ring substituents is 1. The third kappa shape index (κ3) is 3.95. The monoisotopic (exact) mass is 405 g/mol. The lowest BCUT2D eigenvalue weighted by Gasteiger charge is -2.33. The number of pyridine rings is 1. The number of carbonyl (C=O) groups excluding carboxylic acids is 1. The Bertz CT molecular complexity index is 1120. The van der Waals surface area contributed by atoms with Gasteiger partial charge in [0, 0.05) is 43.3 Å². The third-order valence-corrected chi connectivity index (χ3v) is 5.43. The Labute approximate surface area is 174 Å². The predicted octanol–water partition coefficient (Wildman–Crippen LogP) is 3.46. The maximum atomic E-state index is 12.6. The van der Waals surface area contributed by atoms with Gasteiger partial charge in [0.1, 0.15) is 11.4 Å². The lowest BCUT2D eigenvalue weighted by Crippen LogP contribution is -2.44. The molecule has 1 N–H and O–H groups in total. The van der Waals surface area contributed by atoms with Crippen molar-refractivity contribution in [3.8, 4) is 0 Å². The largest absolute Gasteiger partial charge is 0.354 e. The number of benzene rings is 2. The normalized spacial score (nSPS) is 14.7. The number of para-hydroxylation sites is 1. The minimum Gasteiger partial charge on any atom is -0.354 e. The number of anilines is 2. The molecule has 154 valence electrons. The Morgan fingerprint density at radius 1 is 1.10 bits per heavy atom. The van der Waals surface area contributed by atoms with E-state index in [-0.39, 0.29) is 11.3 Å². The second-order valence-corrected chi connectivity index (χ2v) is 7.55. The number of nitro groups is 1. The molecule has 2 aromatic carbocycles. The molecule has 4 rings (SSSR count). The molecule has 3 aromatic rings. The van der Waals surface area contributed by atoms with Gasteiger partial charge >= 0.3 is 0 Å². The molecule has 1 aliphatic heterocycles. The van der Waals surface area contributed by atoms with Crippen LogP contribution >= 0.6 is 0 Å². The van der Waals surface area contributed by atoms with Crippen LogP contribution in [0.2, 0.25) is 0 Å². The zero-order valence-electron chi connectivity index (χ0n) is 17.0. The number of aromatic nitrogens is 1. The van der Waals surface area contributed by atoms with E-state index < -0.39 is 10.8 Å². The summed E-state index contributed by atoms with van der Waals surface area (Å²) in [4.78, 5) is 32.6. The van der Waals surface area contributed by atoms with Crippen molar-refractivity contribution in [1.82, 2.24) is 9.88 Å². The number of hydrogen-bond acceptors (Lipinski definition) is 6. The Morgan fingerprint density at radius 2 is 1.83 bits per heavy atom. The summed E-state index contributed by atoms with van der Waals surface area (Å²) in [5, 5.41) is 14.9. The van der Waals surface area contributed by atoms with Gasteiger partial charge in [0.15, 0.2) is 0 Å². The second-order valence-electron chi connectivity index (χ2n) is 7.55. The predicted molar refractivity (Wildman–Crippen MR) is 117 cm³/mol. The zero-order chi connectivity index (χ0) is 21.3. The molecule has 0 unspecified atom stereocenters. The molecular weight excluding hydrogens is 382 g/mol. The Hall–Kier alpha value is -3.52. The number of rotatable bonds is 4. The molecule has 0 saturated carbocycles. The van der Waals surface area contributed by atoms with Crippen molar-refractivity contribution < 1.29 is 9.72 Å². The highest BCUT2D eigenvalue weighted by Crippen LogP contribution is 2.27. The summed E-state index contributed by atoms with van der Waals surface area (Å²) >= 11 is 0. The SMILES string of the molecule is Cc1cc(N2CCN(C)CC2)nc2ccc(NC(=O)c3ccccc3[N+](=O)[O-])cc12. The van der Waals surface area contributed by atoms with Crippen LogP contribution in [-0.2, 0) is 0 Å². The molecule has 0 bridgehead atoms. The van der Waals surface area contributed by atoms with Crippen LogP contribution in [0.4, 0.5) is 17.2 Å². The third-order valence-electron chi connectivity index (χ3n) is 5.43. The first-order chi connectivity index (χ1) is 14.4. The lowest BCUT2D eigenvalue weighted by molar-refractivity contribution is -0.385. The van der Waals surface area contributed by atoms with Crippen molar-refractivity contribution in [3.05, 3.63) is 69.8 Å². The average molecular weight is 405 g/mol. The van der Waals surface area contributed by atoms with Gasteiger partial charge in [0.25, 0.3) is 11.6 Å². The molecule has 30 heavy (non-hydrogen) atoms. The van der Waals surface area contributed by atoms with Gasteiger partial charge in [0.2, 0.25) is 0 Å². The van der Waals surface area contributed by atoms with Crippen LogP contribution in [0.3, 0.4) is 0 Å². The molecule has 0 spiro atoms. The Balaban J connectivity index is 1.60. The highest BCUT2D eigenvalue weighted by atomic mass is 16.6. The van der Waals surface area contributed by atoms with E-state index in [9.17, 15) is 14.9 Å². The first-order valence-corrected chi connectivity index (χ1v) is 9.82. The summed E-state index contributed by atoms with van der Waals surface area (Å²) in [6.07, 6.45) is 0. The minimum absolute atomic E-state index is 0.0304. The molecule has 1 aromatic heterocycles. The fourth-order valence-corrected chi connectivity index (χ4v) is 3.68. The van der Waals surface area contributed by atoms with Crippen molar-refractivity contribution >= 4 is 34.0 Å². The number of aryl methyl sites for hydroxylation is 1. The number of nitrogens with zero attached hydrogens (tertiary/aromatic N) is 4. The van der Waals surface area contributed by atoms with Gasteiger partial charge in [-0.15, -0.1) is 0 Å². The number of likely N-dealkylation sites (N-methyl/N-ethyl adjacent to an activating group) is 1. The van der Waals surface area contributed by atoms with Gasteiger partial charge in [-0.25, -0.2) is 4.98 Å². The van der Waals surface area contributed by atoms with E-state index in [0.29, 0.717) is 5.69 Å². The van der Waals surface area contributed by atoms with Gasteiger partial charge in [0.05, 0.1) is 10.4 Å². The van der Waals surface area contributed by atoms with E-state index in [1.54, 1.807) is 12.1 Å². The molecule has 1 amide bonds. The van der Waals surface area contributed by atoms with Gasteiger partial charge in [-0.1, -0.05) is 12.1 Å². The van der Waals surface area contributed by atoms with Crippen molar-refractivity contribution in [2.75, 3.05) is 43.4 Å². The smallest absolute Gasteiger partial charge is 0.282 e. The summed E-state index contributed by atoms with van der Waals surface area (Å²) < 4.78 is 0. The maximum Gasteiger partial charge on any atom is 0.282 e. The number of piperazine rings is 1. The van der Waals surface area contributed by atoms with E-state index in [4.69, 9.17) is 4.98 Å². The molecule has 1 saturated heterocycles. The topological polar surface area (TPSA) is 91.6 Å². The highest BCUT2D eigenvalue weighted by molar-refractivity contribution is 6.07. The van der Waals surface area contributed by atoms with Crippen LogP contribution in [0, 0.1) is 17.0 Å². The van der Waals surface area contributed by atoms with E-state index in [1.165, 1.54) is 18.2 Å². The number of nitrogens with one attached hydrogen (secondary N) is 1. The molecule has 0 radical (unpaired) electrons. The summed E-state index contributed by atoms with van der Waals surface area (Å²) in [6.45, 7) is 5.93. The van der Waals surface area contributed by atoms with Crippen molar-refractivity contribution in [1.29, 1.82) is 0 Å². The van der Waals surface area contributed by atoms with Gasteiger partial charge in [-0.3, -0.25) is 14.9 Å². The van der Waals surface area contributed by atoms with Gasteiger partial charge in [-0.05, 0) is 49.9 Å². The van der Waals surface area contributed by atoms with Crippen molar-refractivity contribution in [2.24, 2.45) is 0 Å². The first-order valence-electron chi connectivity index (χ1n) is 9.82. The average Bonchev–Trinajstić information content (AvgIpc) is 2.74. The highest BCUT2D eigenvalue weighted by Gasteiger charge is 2.20. The van der Waals surface area contributed by atoms with E-state index in [1.807, 2.05) is 19.1 Å². The second kappa shape index (κ2) is 8.08. The van der Waals surface area contributed by atoms with Crippen LogP contribution in [-0.4, -0.2) is 53.9 Å². The summed E-state index contributed by atoms with van der Waals surface area (Å²) in [5.74, 6) is 0.450. The molecule has 1 fully saturated rings. The summed E-state index contributed by atoms with van der Waals surface area (Å²) in [7, 11) is 2.12. The molecule has 0 aliphatic carbocycles. The molecule has 0 atom stereocenters. The summed E-state index contributed by atoms with van der Waals surface area (Å²) in [6, 6.07) is 13.5. The Morgan fingerprint density at radius 3 is 2.57 bits per heavy atom. The lowest BCUT2D eigenvalue weighted by atomic mass is 10.1. The van der Waals surface area contributed by atoms with Crippen LogP contribution in [0.25, 0.3) is 10.9 Å². The Kier molecular flexibility index (Phi) is 5.33. The number of fused-ring (bicyclic) bond motifs is 1. The number of hydrogen-bond donors (Lipinski definition) is 1. The van der Waals surface area contributed by atoms with Crippen LogP contribution in [0.1, 0.15) is 15.9 Å². The first kappa shape index (κ1) is 19.8. The fourth-order valence-electron chi connectivity index (χ4n) is 3.68. The molecule has 8 heteroatoms. The van der Waals surface area contributed by atoms with Crippen molar-refractivity contribution in [3.63, 3.8) is 0 Å². The minimum atomic E-state index is -0.552. The maximum absolute atomic E-state index is 12.6. The van der Waals surface area contributed by atoms with E-state index in [2.05, 4.69) is 28.2 Å². The zero-order valence-corrected chi connectivity index (χ0v) is 17.0. The summed E-state index contributed by atoms with van der Waals surface area (Å²) in [5.41, 5.74) is 2.31. The van der Waals surface area contributed by atoms with Crippen LogP contribution in [0.5, 0.6) is 0 Å². The molecule has 1 aliphatic rings. The van der Waals surface area contributed by atoms with Crippen LogP contribution in [0.15, 0.2) is 48.5 Å². The standard InChI is InChI=1S/C22H23N5O3/c1-15-13-21(26-11-9-25(2)10-12-26)24-19-8-7-16(14-18(15)19)23-22(28)17-5-3-4-6-20(17)27(29)30/h3-8,13-14H,9-12H2,1-2H3,(H,23,28). The van der Waals surface area contributed by atoms with E-state index >= 15 is 0 Å². The van der Waals surface area contributed by atoms with Crippen molar-refractivity contribution in [2.45, 2.75) is 6.92 Å². The molecule has 8 nitrogen and oxygen atoms in total. The molecule has 2 heterocycles. The van der Waals surface area contributed by atoms with Gasteiger partial charge < -0.3 is 15.1 Å². The van der Waals surface area contributed by atoms with Gasteiger partial charge in [-0.2, -0.15) is 0 Å². The number of amides is 1. The van der Waals surface area contributed by atoms with E-state index in [0.717, 1.165) is 48.5 Å². The molecular formula is C22H23N5O3. The van der Waals surface area contributed by atoms with Crippen LogP contribution < -0.4 is 10.2 Å². The number of carbonyl (C=O) groups is 1. The quantitative estimate of drug-likeness (QED) is 0.528. The fraction of sp³-hybridized carbons (Fsp3) is 0.273.